The minimum Gasteiger partial charge on any atom is -0.465 e. The summed E-state index contributed by atoms with van der Waals surface area (Å²) in [5, 5.41) is 11.7. The van der Waals surface area contributed by atoms with Crippen molar-refractivity contribution >= 4 is 23.5 Å². The fraction of sp³-hybridized carbons (Fsp3) is 0.176. The smallest absolute Gasteiger partial charge is 0.408 e. The van der Waals surface area contributed by atoms with Gasteiger partial charge in [-0.25, -0.2) is 4.79 Å². The number of hydrogen-bond donors (Lipinski definition) is 2. The number of hydrogen-bond acceptors (Lipinski definition) is 4. The van der Waals surface area contributed by atoms with Crippen LogP contribution >= 0.6 is 0 Å². The number of benzene rings is 1. The monoisotopic (exact) mass is 341 g/mol. The largest absolute Gasteiger partial charge is 0.465 e. The number of ketones is 1. The lowest BCUT2D eigenvalue weighted by molar-refractivity contribution is -0.121. The predicted molar refractivity (Wildman–Crippen MR) is 88.8 cm³/mol. The Balaban J connectivity index is 1.74. The molecule has 2 aromatic rings. The van der Waals surface area contributed by atoms with Gasteiger partial charge in [0.05, 0.1) is 6.54 Å². The number of Topliss-reactive ketones (excluding diaryl/α,β-unsaturated/α-hetero) is 1. The van der Waals surface area contributed by atoms with Crippen LogP contribution in [0.2, 0.25) is 0 Å². The third-order valence-corrected chi connectivity index (χ3v) is 3.93. The SMILES string of the molecule is O=C1C[C@H](C(=O)Nc2ccc(-n3ccccc3=O)cc2)N(C(=O)O)C1. The number of rotatable bonds is 3. The maximum absolute atomic E-state index is 12.3. The summed E-state index contributed by atoms with van der Waals surface area (Å²) in [7, 11) is 0. The van der Waals surface area contributed by atoms with E-state index in [0.29, 0.717) is 11.4 Å². The maximum Gasteiger partial charge on any atom is 0.408 e. The normalized spacial score (nSPS) is 16.7. The lowest BCUT2D eigenvalue weighted by atomic mass is 10.2. The van der Waals surface area contributed by atoms with E-state index in [1.807, 2.05) is 0 Å². The average Bonchev–Trinajstić information content (AvgIpc) is 2.99. The highest BCUT2D eigenvalue weighted by Crippen LogP contribution is 2.18. The summed E-state index contributed by atoms with van der Waals surface area (Å²) >= 11 is 0. The molecule has 1 aromatic carbocycles. The fourth-order valence-electron chi connectivity index (χ4n) is 2.70. The second-order valence-electron chi connectivity index (χ2n) is 5.61. The van der Waals surface area contributed by atoms with Gasteiger partial charge in [-0.05, 0) is 30.3 Å². The van der Waals surface area contributed by atoms with Crippen molar-refractivity contribution in [2.45, 2.75) is 12.5 Å². The van der Waals surface area contributed by atoms with Crippen molar-refractivity contribution in [2.75, 3.05) is 11.9 Å². The first-order chi connectivity index (χ1) is 12.0. The number of pyridine rings is 1. The highest BCUT2D eigenvalue weighted by Gasteiger charge is 2.38. The van der Waals surface area contributed by atoms with Crippen molar-refractivity contribution in [3.63, 3.8) is 0 Å². The second-order valence-corrected chi connectivity index (χ2v) is 5.61. The minimum atomic E-state index is -1.30. The molecule has 1 aliphatic rings. The molecular weight excluding hydrogens is 326 g/mol. The third kappa shape index (κ3) is 3.42. The van der Waals surface area contributed by atoms with Crippen LogP contribution in [-0.2, 0) is 9.59 Å². The predicted octanol–water partition coefficient (Wildman–Crippen LogP) is 1.10. The van der Waals surface area contributed by atoms with Crippen LogP contribution in [0.5, 0.6) is 0 Å². The van der Waals surface area contributed by atoms with Gasteiger partial charge >= 0.3 is 6.09 Å². The molecule has 0 unspecified atom stereocenters. The van der Waals surface area contributed by atoms with Gasteiger partial charge in [0.25, 0.3) is 5.56 Å². The number of anilines is 1. The molecule has 0 radical (unpaired) electrons. The zero-order valence-electron chi connectivity index (χ0n) is 13.1. The number of carbonyl (C=O) groups is 3. The molecule has 2 heterocycles. The molecule has 1 fully saturated rings. The van der Waals surface area contributed by atoms with Crippen molar-refractivity contribution in [2.24, 2.45) is 0 Å². The highest BCUT2D eigenvalue weighted by molar-refractivity contribution is 6.02. The number of carboxylic acid groups (broad SMARTS) is 1. The van der Waals surface area contributed by atoms with E-state index in [1.54, 1.807) is 42.6 Å². The van der Waals surface area contributed by atoms with Gasteiger partial charge in [-0.3, -0.25) is 23.9 Å². The first-order valence-corrected chi connectivity index (χ1v) is 7.56. The number of likely N-dealkylation sites (tertiary alicyclic amines) is 1. The van der Waals surface area contributed by atoms with E-state index in [1.165, 1.54) is 10.6 Å². The molecule has 8 nitrogen and oxygen atoms in total. The molecule has 0 saturated carbocycles. The Hall–Kier alpha value is -3.42. The number of carbonyl (C=O) groups excluding carboxylic acids is 2. The van der Waals surface area contributed by atoms with Gasteiger partial charge in [-0.15, -0.1) is 0 Å². The minimum absolute atomic E-state index is 0.129. The molecule has 8 heteroatoms. The Morgan fingerprint density at radius 2 is 1.80 bits per heavy atom. The Morgan fingerprint density at radius 1 is 1.08 bits per heavy atom. The van der Waals surface area contributed by atoms with Crippen molar-refractivity contribution in [1.82, 2.24) is 9.47 Å². The highest BCUT2D eigenvalue weighted by atomic mass is 16.4. The lowest BCUT2D eigenvalue weighted by Crippen LogP contribution is -2.42. The van der Waals surface area contributed by atoms with E-state index in [-0.39, 0.29) is 24.3 Å². The summed E-state index contributed by atoms with van der Waals surface area (Å²) in [6.45, 7) is -0.275. The molecule has 0 spiro atoms. The number of amides is 2. The first kappa shape index (κ1) is 16.4. The van der Waals surface area contributed by atoms with Crippen LogP contribution in [0.4, 0.5) is 10.5 Å². The maximum atomic E-state index is 12.3. The first-order valence-electron chi connectivity index (χ1n) is 7.56. The van der Waals surface area contributed by atoms with Gasteiger partial charge in [-0.2, -0.15) is 0 Å². The zero-order valence-corrected chi connectivity index (χ0v) is 13.1. The van der Waals surface area contributed by atoms with E-state index in [9.17, 15) is 19.2 Å². The summed E-state index contributed by atoms with van der Waals surface area (Å²) in [5.41, 5.74) is 0.898. The van der Waals surface area contributed by atoms with Gasteiger partial charge in [0.2, 0.25) is 5.91 Å². The average molecular weight is 341 g/mol. The molecule has 3 rings (SSSR count). The Morgan fingerprint density at radius 3 is 2.44 bits per heavy atom. The second kappa shape index (κ2) is 6.60. The Kier molecular flexibility index (Phi) is 4.34. The van der Waals surface area contributed by atoms with E-state index in [2.05, 4.69) is 5.32 Å². The molecule has 2 N–H and O–H groups in total. The summed E-state index contributed by atoms with van der Waals surface area (Å²) in [5.74, 6) is -0.848. The molecule has 1 aliphatic heterocycles. The number of aromatic nitrogens is 1. The van der Waals surface area contributed by atoms with E-state index >= 15 is 0 Å². The molecule has 0 bridgehead atoms. The summed E-state index contributed by atoms with van der Waals surface area (Å²) in [6.07, 6.45) is 0.199. The van der Waals surface area contributed by atoms with Crippen molar-refractivity contribution in [3.05, 3.63) is 59.0 Å². The molecular formula is C17H15N3O5. The van der Waals surface area contributed by atoms with Gasteiger partial charge in [0.15, 0.2) is 5.78 Å². The molecule has 2 amide bonds. The molecule has 25 heavy (non-hydrogen) atoms. The molecule has 0 aliphatic carbocycles. The van der Waals surface area contributed by atoms with Gasteiger partial charge in [0, 0.05) is 30.1 Å². The molecule has 128 valence electrons. The van der Waals surface area contributed by atoms with Crippen LogP contribution in [0.25, 0.3) is 5.69 Å². The topological polar surface area (TPSA) is 109 Å². The van der Waals surface area contributed by atoms with Gasteiger partial charge < -0.3 is 10.4 Å². The van der Waals surface area contributed by atoms with Crippen LogP contribution in [0, 0.1) is 0 Å². The lowest BCUT2D eigenvalue weighted by Gasteiger charge is -2.19. The van der Waals surface area contributed by atoms with Crippen molar-refractivity contribution in [1.29, 1.82) is 0 Å². The molecule has 1 atom stereocenters. The Bertz CT molecular complexity index is 888. The number of nitrogens with one attached hydrogen (secondary N) is 1. The van der Waals surface area contributed by atoms with Crippen LogP contribution in [0.15, 0.2) is 53.5 Å². The summed E-state index contributed by atoms with van der Waals surface area (Å²) in [4.78, 5) is 47.4. The van der Waals surface area contributed by atoms with E-state index in [4.69, 9.17) is 5.11 Å². The van der Waals surface area contributed by atoms with Crippen LogP contribution < -0.4 is 10.9 Å². The standard InChI is InChI=1S/C17H15N3O5/c21-13-9-14(20(10-13)17(24)25)16(23)18-11-4-6-12(7-5-11)19-8-2-1-3-15(19)22/h1-8,14H,9-10H2,(H,18,23)(H,24,25)/t14-/m1/s1. The summed E-state index contributed by atoms with van der Waals surface area (Å²) < 4.78 is 1.45. The summed E-state index contributed by atoms with van der Waals surface area (Å²) in [6, 6.07) is 10.3. The quantitative estimate of drug-likeness (QED) is 0.869. The van der Waals surface area contributed by atoms with E-state index in [0.717, 1.165) is 4.90 Å². The van der Waals surface area contributed by atoms with Crippen LogP contribution in [0.1, 0.15) is 6.42 Å². The van der Waals surface area contributed by atoms with Gasteiger partial charge in [0.1, 0.15) is 6.04 Å². The van der Waals surface area contributed by atoms with Crippen LogP contribution in [0.3, 0.4) is 0 Å². The Labute approximate surface area is 142 Å². The van der Waals surface area contributed by atoms with Crippen LogP contribution in [-0.4, -0.2) is 44.9 Å². The molecule has 1 aromatic heterocycles. The van der Waals surface area contributed by atoms with Gasteiger partial charge in [-0.1, -0.05) is 6.07 Å². The fourth-order valence-corrected chi connectivity index (χ4v) is 2.70. The zero-order chi connectivity index (χ0) is 18.0. The van der Waals surface area contributed by atoms with Crippen molar-refractivity contribution < 1.29 is 19.5 Å². The third-order valence-electron chi connectivity index (χ3n) is 3.93. The van der Waals surface area contributed by atoms with Crippen molar-refractivity contribution in [3.8, 4) is 5.69 Å². The molecule has 1 saturated heterocycles. The van der Waals surface area contributed by atoms with E-state index < -0.39 is 18.0 Å². The number of nitrogens with zero attached hydrogens (tertiary/aromatic N) is 2.